The molecular weight excluding hydrogens is 296 g/mol. The van der Waals surface area contributed by atoms with Gasteiger partial charge in [-0.05, 0) is 18.5 Å². The molecule has 0 radical (unpaired) electrons. The lowest BCUT2D eigenvalue weighted by Crippen LogP contribution is -2.51. The summed E-state index contributed by atoms with van der Waals surface area (Å²) in [6.07, 6.45) is 1.84. The van der Waals surface area contributed by atoms with E-state index in [9.17, 15) is 0 Å². The van der Waals surface area contributed by atoms with Gasteiger partial charge in [0, 0.05) is 6.07 Å². The molecule has 0 amide bonds. The summed E-state index contributed by atoms with van der Waals surface area (Å²) < 4.78 is 16.4. The molecule has 98 valence electrons. The Morgan fingerprint density at radius 2 is 2.28 bits per heavy atom. The minimum atomic E-state index is -0.752. The molecule has 2 heterocycles. The quantitative estimate of drug-likeness (QED) is 0.625. The minimum Gasteiger partial charge on any atom is -0.481 e. The van der Waals surface area contributed by atoms with Crippen LogP contribution in [0.4, 0.5) is 0 Å². The van der Waals surface area contributed by atoms with Crippen molar-refractivity contribution in [2.45, 2.75) is 5.60 Å². The Bertz CT molecular complexity index is 468. The predicted octanol–water partition coefficient (Wildman–Crippen LogP) is 2.03. The maximum Gasteiger partial charge on any atom is 0.220 e. The van der Waals surface area contributed by atoms with Gasteiger partial charge in [0.25, 0.3) is 0 Å². The zero-order valence-corrected chi connectivity index (χ0v) is 12.2. The highest BCUT2D eigenvalue weighted by atomic mass is 35.5. The largest absolute Gasteiger partial charge is 0.481 e. The predicted molar refractivity (Wildman–Crippen MR) is 73.3 cm³/mol. The van der Waals surface area contributed by atoms with Crippen LogP contribution >= 0.6 is 35.6 Å². The highest BCUT2D eigenvalue weighted by molar-refractivity contribution is 8.22. The second-order valence-electron chi connectivity index (χ2n) is 3.60. The van der Waals surface area contributed by atoms with Crippen LogP contribution in [0.5, 0.6) is 5.88 Å². The number of methoxy groups -OCH3 is 1. The summed E-state index contributed by atoms with van der Waals surface area (Å²) in [7, 11) is 1.51. The van der Waals surface area contributed by atoms with Crippen LogP contribution in [-0.4, -0.2) is 40.9 Å². The second-order valence-corrected chi connectivity index (χ2v) is 5.40. The van der Waals surface area contributed by atoms with Gasteiger partial charge in [-0.2, -0.15) is 4.98 Å². The Morgan fingerprint density at radius 1 is 1.56 bits per heavy atom. The van der Waals surface area contributed by atoms with Crippen molar-refractivity contribution in [2.24, 2.45) is 0 Å². The number of aromatic nitrogens is 2. The molecule has 1 fully saturated rings. The molecule has 0 spiro atoms. The third kappa shape index (κ3) is 2.69. The Labute approximate surface area is 119 Å². The highest BCUT2D eigenvalue weighted by Gasteiger charge is 2.47. The van der Waals surface area contributed by atoms with Crippen molar-refractivity contribution in [3.05, 3.63) is 17.0 Å². The molecule has 0 N–H and O–H groups in total. The summed E-state index contributed by atoms with van der Waals surface area (Å²) in [5, 5.41) is 0.293. The topological polar surface area (TPSA) is 53.5 Å². The van der Waals surface area contributed by atoms with Crippen LogP contribution in [0.25, 0.3) is 0 Å². The molecule has 1 aromatic heterocycles. The van der Waals surface area contributed by atoms with Crippen LogP contribution in [0, 0.1) is 0 Å². The molecule has 2 rings (SSSR count). The summed E-state index contributed by atoms with van der Waals surface area (Å²) in [6.45, 7) is 0.689. The fourth-order valence-corrected chi connectivity index (χ4v) is 2.00. The normalized spacial score (nSPS) is 16.8. The number of halogens is 1. The van der Waals surface area contributed by atoms with Crippen molar-refractivity contribution in [2.75, 3.05) is 26.6 Å². The van der Waals surface area contributed by atoms with E-state index in [1.165, 1.54) is 24.9 Å². The lowest BCUT2D eigenvalue weighted by molar-refractivity contribution is -0.176. The minimum absolute atomic E-state index is 0.293. The number of ether oxygens (including phenoxy) is 3. The lowest BCUT2D eigenvalue weighted by atomic mass is 10.0. The molecule has 0 aromatic carbocycles. The third-order valence-electron chi connectivity index (χ3n) is 2.40. The average Bonchev–Trinajstić information content (AvgIpc) is 2.32. The Hall–Kier alpha value is -0.630. The molecule has 0 saturated carbocycles. The highest BCUT2D eigenvalue weighted by Crippen LogP contribution is 2.34. The first-order valence-corrected chi connectivity index (χ1v) is 7.04. The summed E-state index contributed by atoms with van der Waals surface area (Å²) in [5.74, 6) is 0.810. The van der Waals surface area contributed by atoms with E-state index >= 15 is 0 Å². The molecule has 0 unspecified atom stereocenters. The molecule has 1 saturated heterocycles. The number of rotatable bonds is 3. The van der Waals surface area contributed by atoms with Gasteiger partial charge in [-0.3, -0.25) is 0 Å². The number of hydrogen-bond acceptors (Lipinski definition) is 7. The number of thiocarbonyl (C=S) groups is 1. The molecule has 1 aromatic rings. The Balaban J connectivity index is 2.32. The molecule has 1 aliphatic heterocycles. The van der Waals surface area contributed by atoms with E-state index in [1.54, 1.807) is 0 Å². The summed E-state index contributed by atoms with van der Waals surface area (Å²) in [6, 6.07) is 1.53. The standard InChI is InChI=1S/C10H11ClN2O3S2/c1-14-7-3-6(11)12-8(13-7)10(4-15-5-10)16-9(17)18-2/h3H,4-5H2,1-2H3. The van der Waals surface area contributed by atoms with E-state index < -0.39 is 5.60 Å². The number of nitrogens with zero attached hydrogens (tertiary/aromatic N) is 2. The molecule has 1 aliphatic rings. The number of hydrogen-bond donors (Lipinski definition) is 0. The maximum atomic E-state index is 5.92. The molecule has 8 heteroatoms. The van der Waals surface area contributed by atoms with E-state index in [0.717, 1.165) is 0 Å². The maximum absolute atomic E-state index is 5.92. The van der Waals surface area contributed by atoms with E-state index in [4.69, 9.17) is 38.0 Å². The van der Waals surface area contributed by atoms with Crippen LogP contribution in [0.2, 0.25) is 5.15 Å². The monoisotopic (exact) mass is 306 g/mol. The van der Waals surface area contributed by atoms with Crippen molar-refractivity contribution in [1.29, 1.82) is 0 Å². The van der Waals surface area contributed by atoms with Crippen LogP contribution in [0.3, 0.4) is 0 Å². The van der Waals surface area contributed by atoms with Gasteiger partial charge in [-0.25, -0.2) is 4.98 Å². The van der Waals surface area contributed by atoms with Gasteiger partial charge in [0.1, 0.15) is 5.15 Å². The SMILES string of the molecule is COc1cc(Cl)nc(C2(OC(=S)SC)COC2)n1. The lowest BCUT2D eigenvalue weighted by Gasteiger charge is -2.39. The van der Waals surface area contributed by atoms with Crippen LogP contribution in [0.15, 0.2) is 6.07 Å². The van der Waals surface area contributed by atoms with E-state index in [1.807, 2.05) is 6.26 Å². The fourth-order valence-electron chi connectivity index (χ4n) is 1.43. The Morgan fingerprint density at radius 3 is 2.78 bits per heavy atom. The smallest absolute Gasteiger partial charge is 0.220 e. The zero-order valence-electron chi connectivity index (χ0n) is 9.81. The summed E-state index contributed by atoms with van der Waals surface area (Å²) >= 11 is 12.3. The van der Waals surface area contributed by atoms with Crippen molar-refractivity contribution < 1.29 is 14.2 Å². The summed E-state index contributed by atoms with van der Waals surface area (Å²) in [5.41, 5.74) is -0.752. The zero-order chi connectivity index (χ0) is 13.2. The van der Waals surface area contributed by atoms with Crippen LogP contribution in [-0.2, 0) is 15.1 Å². The molecule has 18 heavy (non-hydrogen) atoms. The summed E-state index contributed by atoms with van der Waals surface area (Å²) in [4.78, 5) is 8.41. The molecule has 0 bridgehead atoms. The third-order valence-corrected chi connectivity index (χ3v) is 3.60. The molecule has 0 aliphatic carbocycles. The van der Waals surface area contributed by atoms with Gasteiger partial charge in [0.05, 0.1) is 20.3 Å². The first-order valence-electron chi connectivity index (χ1n) is 5.03. The van der Waals surface area contributed by atoms with Crippen molar-refractivity contribution >= 4 is 40.0 Å². The van der Waals surface area contributed by atoms with Gasteiger partial charge in [-0.15, -0.1) is 0 Å². The average molecular weight is 307 g/mol. The van der Waals surface area contributed by atoms with Crippen LogP contribution in [0.1, 0.15) is 5.82 Å². The first kappa shape index (κ1) is 13.8. The van der Waals surface area contributed by atoms with Crippen molar-refractivity contribution in [3.63, 3.8) is 0 Å². The molecule has 5 nitrogen and oxygen atoms in total. The molecule has 0 atom stereocenters. The van der Waals surface area contributed by atoms with Gasteiger partial charge in [-0.1, -0.05) is 23.4 Å². The number of thioether (sulfide) groups is 1. The van der Waals surface area contributed by atoms with E-state index in [0.29, 0.717) is 34.5 Å². The van der Waals surface area contributed by atoms with E-state index in [-0.39, 0.29) is 0 Å². The fraction of sp³-hybridized carbons (Fsp3) is 0.500. The van der Waals surface area contributed by atoms with Gasteiger partial charge in [0.15, 0.2) is 5.82 Å². The van der Waals surface area contributed by atoms with E-state index in [2.05, 4.69) is 9.97 Å². The van der Waals surface area contributed by atoms with Crippen molar-refractivity contribution in [1.82, 2.24) is 9.97 Å². The molecular formula is C10H11ClN2O3S2. The van der Waals surface area contributed by atoms with Gasteiger partial charge < -0.3 is 14.2 Å². The van der Waals surface area contributed by atoms with Gasteiger partial charge >= 0.3 is 0 Å². The second kappa shape index (κ2) is 5.56. The van der Waals surface area contributed by atoms with Gasteiger partial charge in [0.2, 0.25) is 15.9 Å². The first-order chi connectivity index (χ1) is 8.59. The Kier molecular flexibility index (Phi) is 4.26. The van der Waals surface area contributed by atoms with Crippen LogP contribution < -0.4 is 4.74 Å². The van der Waals surface area contributed by atoms with Crippen molar-refractivity contribution in [3.8, 4) is 5.88 Å².